The van der Waals surface area contributed by atoms with Crippen LogP contribution in [0.5, 0.6) is 0 Å². The highest BCUT2D eigenvalue weighted by molar-refractivity contribution is 7.60. The molecule has 2 aliphatic heterocycles. The molecule has 0 radical (unpaired) electrons. The SMILES string of the molecule is CCCCNCCCC1CCP2C3CCC4CCCCC4(C)C3CCC12C. The van der Waals surface area contributed by atoms with E-state index in [0.29, 0.717) is 0 Å². The van der Waals surface area contributed by atoms with Crippen molar-refractivity contribution >= 4 is 7.92 Å². The van der Waals surface area contributed by atoms with Crippen molar-refractivity contribution < 1.29 is 0 Å². The van der Waals surface area contributed by atoms with Gasteiger partial charge in [-0.15, -0.1) is 0 Å². The van der Waals surface area contributed by atoms with Crippen LogP contribution in [0.25, 0.3) is 0 Å². The van der Waals surface area contributed by atoms with Crippen LogP contribution in [0.1, 0.15) is 104 Å². The van der Waals surface area contributed by atoms with Gasteiger partial charge in [0, 0.05) is 0 Å². The summed E-state index contributed by atoms with van der Waals surface area (Å²) in [5, 5.41) is 4.43. The molecule has 2 saturated heterocycles. The molecule has 0 aromatic rings. The van der Waals surface area contributed by atoms with Crippen molar-refractivity contribution in [2.75, 3.05) is 19.3 Å². The first kappa shape index (κ1) is 20.7. The second-order valence-corrected chi connectivity index (χ2v) is 14.1. The smallest absolute Gasteiger partial charge is 0.00488 e. The highest BCUT2D eigenvalue weighted by atomic mass is 31.1. The highest BCUT2D eigenvalue weighted by Crippen LogP contribution is 2.75. The summed E-state index contributed by atoms with van der Waals surface area (Å²) in [7, 11) is 0.287. The molecule has 1 nitrogen and oxygen atoms in total. The highest BCUT2D eigenvalue weighted by Gasteiger charge is 2.59. The van der Waals surface area contributed by atoms with E-state index in [4.69, 9.17) is 0 Å². The van der Waals surface area contributed by atoms with Gasteiger partial charge in [0.05, 0.1) is 0 Å². The molecular formula is C25H46NP. The fourth-order valence-electron chi connectivity index (χ4n) is 8.09. The third kappa shape index (κ3) is 3.79. The van der Waals surface area contributed by atoms with Gasteiger partial charge in [-0.2, -0.15) is 0 Å². The fourth-order valence-corrected chi connectivity index (χ4v) is 12.8. The molecule has 27 heavy (non-hydrogen) atoms. The van der Waals surface area contributed by atoms with Crippen LogP contribution in [-0.4, -0.2) is 30.1 Å². The zero-order valence-corrected chi connectivity index (χ0v) is 19.5. The average molecular weight is 392 g/mol. The Morgan fingerprint density at radius 3 is 2.63 bits per heavy atom. The Labute approximate surface area is 171 Å². The molecule has 7 unspecified atom stereocenters. The van der Waals surface area contributed by atoms with Crippen LogP contribution in [0.4, 0.5) is 0 Å². The van der Waals surface area contributed by atoms with Crippen molar-refractivity contribution in [1.29, 1.82) is 0 Å². The van der Waals surface area contributed by atoms with E-state index >= 15 is 0 Å². The van der Waals surface area contributed by atoms with E-state index in [9.17, 15) is 0 Å². The molecular weight excluding hydrogens is 345 g/mol. The topological polar surface area (TPSA) is 12.0 Å². The summed E-state index contributed by atoms with van der Waals surface area (Å²) in [6.07, 6.45) is 21.3. The number of unbranched alkanes of at least 4 members (excludes halogenated alkanes) is 1. The first-order valence-electron chi connectivity index (χ1n) is 12.6. The van der Waals surface area contributed by atoms with E-state index in [-0.39, 0.29) is 7.92 Å². The van der Waals surface area contributed by atoms with Crippen LogP contribution in [-0.2, 0) is 0 Å². The van der Waals surface area contributed by atoms with E-state index in [1.165, 1.54) is 51.6 Å². The predicted molar refractivity (Wildman–Crippen MR) is 121 cm³/mol. The van der Waals surface area contributed by atoms with Gasteiger partial charge in [0.1, 0.15) is 0 Å². The van der Waals surface area contributed by atoms with Crippen LogP contribution in [0.3, 0.4) is 0 Å². The Hall–Kier alpha value is 0.390. The van der Waals surface area contributed by atoms with Gasteiger partial charge in [-0.3, -0.25) is 0 Å². The van der Waals surface area contributed by atoms with Gasteiger partial charge < -0.3 is 5.32 Å². The third-order valence-electron chi connectivity index (χ3n) is 9.80. The molecule has 0 spiro atoms. The molecule has 0 aromatic heterocycles. The molecule has 4 aliphatic rings. The minimum Gasteiger partial charge on any atom is -0.317 e. The van der Waals surface area contributed by atoms with Gasteiger partial charge in [0.2, 0.25) is 0 Å². The first-order valence-corrected chi connectivity index (χ1v) is 14.2. The summed E-state index contributed by atoms with van der Waals surface area (Å²) < 4.78 is 0. The quantitative estimate of drug-likeness (QED) is 0.358. The van der Waals surface area contributed by atoms with Gasteiger partial charge in [0.25, 0.3) is 0 Å². The Morgan fingerprint density at radius 1 is 0.926 bits per heavy atom. The number of fused-ring (bicyclic) bond motifs is 5. The predicted octanol–water partition coefficient (Wildman–Crippen LogP) is 7.19. The Bertz CT molecular complexity index is 493. The first-order chi connectivity index (χ1) is 13.1. The van der Waals surface area contributed by atoms with E-state index in [1.54, 1.807) is 51.1 Å². The summed E-state index contributed by atoms with van der Waals surface area (Å²) in [6, 6.07) is 0. The van der Waals surface area contributed by atoms with E-state index < -0.39 is 0 Å². The van der Waals surface area contributed by atoms with Gasteiger partial charge >= 0.3 is 0 Å². The van der Waals surface area contributed by atoms with Crippen LogP contribution in [0.2, 0.25) is 0 Å². The maximum absolute atomic E-state index is 3.68. The molecule has 2 heterocycles. The third-order valence-corrected chi connectivity index (χ3v) is 13.9. The van der Waals surface area contributed by atoms with E-state index in [1.807, 2.05) is 0 Å². The van der Waals surface area contributed by atoms with Gasteiger partial charge in [-0.05, 0) is 117 Å². The summed E-state index contributed by atoms with van der Waals surface area (Å²) >= 11 is 0. The molecule has 0 amide bonds. The van der Waals surface area contributed by atoms with Crippen LogP contribution >= 0.6 is 7.92 Å². The van der Waals surface area contributed by atoms with Crippen molar-refractivity contribution in [3.63, 3.8) is 0 Å². The van der Waals surface area contributed by atoms with Crippen LogP contribution in [0.15, 0.2) is 0 Å². The minimum absolute atomic E-state index is 0.287. The lowest BCUT2D eigenvalue weighted by Gasteiger charge is -2.60. The van der Waals surface area contributed by atoms with Gasteiger partial charge in [0.15, 0.2) is 0 Å². The van der Waals surface area contributed by atoms with Crippen LogP contribution in [0, 0.1) is 23.2 Å². The van der Waals surface area contributed by atoms with Crippen molar-refractivity contribution in [3.05, 3.63) is 0 Å². The number of nitrogens with one attached hydrogen (secondary N) is 1. The molecule has 156 valence electrons. The Balaban J connectivity index is 1.36. The van der Waals surface area contributed by atoms with E-state index in [2.05, 4.69) is 26.1 Å². The minimum atomic E-state index is 0.287. The maximum atomic E-state index is 3.68. The molecule has 7 atom stereocenters. The summed E-state index contributed by atoms with van der Waals surface area (Å²) in [6.45, 7) is 10.3. The summed E-state index contributed by atoms with van der Waals surface area (Å²) in [4.78, 5) is 0. The zero-order valence-electron chi connectivity index (χ0n) is 18.6. The van der Waals surface area contributed by atoms with Crippen LogP contribution < -0.4 is 5.32 Å². The van der Waals surface area contributed by atoms with Gasteiger partial charge in [-0.1, -0.05) is 48.0 Å². The van der Waals surface area contributed by atoms with E-state index in [0.717, 1.165) is 34.0 Å². The summed E-state index contributed by atoms with van der Waals surface area (Å²) in [5.41, 5.74) is 1.87. The van der Waals surface area contributed by atoms with Gasteiger partial charge in [-0.25, -0.2) is 0 Å². The van der Waals surface area contributed by atoms with Crippen molar-refractivity contribution in [2.45, 2.75) is 115 Å². The van der Waals surface area contributed by atoms with Crippen molar-refractivity contribution in [1.82, 2.24) is 5.32 Å². The maximum Gasteiger partial charge on any atom is -0.00488 e. The zero-order chi connectivity index (χ0) is 18.9. The lowest BCUT2D eigenvalue weighted by molar-refractivity contribution is -0.00640. The molecule has 2 saturated carbocycles. The molecule has 0 aromatic carbocycles. The molecule has 4 rings (SSSR count). The molecule has 2 heteroatoms. The Kier molecular flexibility index (Phi) is 6.60. The van der Waals surface area contributed by atoms with Crippen molar-refractivity contribution in [2.24, 2.45) is 23.2 Å². The largest absolute Gasteiger partial charge is 0.317 e. The molecule has 2 aliphatic carbocycles. The Morgan fingerprint density at radius 2 is 1.78 bits per heavy atom. The summed E-state index contributed by atoms with van der Waals surface area (Å²) in [5.74, 6) is 3.24. The number of hydrogen-bond donors (Lipinski definition) is 1. The average Bonchev–Trinajstić information content (AvgIpc) is 3.00. The monoisotopic (exact) mass is 391 g/mol. The van der Waals surface area contributed by atoms with Crippen molar-refractivity contribution in [3.8, 4) is 0 Å². The number of hydrogen-bond acceptors (Lipinski definition) is 1. The standard InChI is InChI=1S/C25H46NP/c1-4-5-17-26-18-8-10-21-14-19-27-23-12-11-20-9-6-7-15-24(20,2)22(23)13-16-25(21,27)3/h20-23,26H,4-19H2,1-3H3. The lowest BCUT2D eigenvalue weighted by atomic mass is 9.54. The molecule has 1 N–H and O–H groups in total. The fraction of sp³-hybridized carbons (Fsp3) is 1.00. The lowest BCUT2D eigenvalue weighted by Crippen LogP contribution is -2.51. The molecule has 0 bridgehead atoms. The second kappa shape index (κ2) is 8.63. The molecule has 4 fully saturated rings. The number of rotatable bonds is 7. The normalized spacial score (nSPS) is 46.6. The second-order valence-electron chi connectivity index (χ2n) is 11.0.